The summed E-state index contributed by atoms with van der Waals surface area (Å²) in [5, 5.41) is 3.28. The Morgan fingerprint density at radius 3 is 2.71 bits per heavy atom. The summed E-state index contributed by atoms with van der Waals surface area (Å²) in [6.45, 7) is 3.75. The summed E-state index contributed by atoms with van der Waals surface area (Å²) in [6.07, 6.45) is 0. The molecule has 21 heavy (non-hydrogen) atoms. The minimum atomic E-state index is -0.254. The number of aryl methyl sites for hydroxylation is 2. The van der Waals surface area contributed by atoms with Gasteiger partial charge in [0.2, 0.25) is 0 Å². The smallest absolute Gasteiger partial charge is 0.262 e. The van der Waals surface area contributed by atoms with Crippen LogP contribution in [0.5, 0.6) is 5.75 Å². The van der Waals surface area contributed by atoms with Gasteiger partial charge in [0.1, 0.15) is 5.75 Å². The summed E-state index contributed by atoms with van der Waals surface area (Å²) in [5.41, 5.74) is 9.05. The standard InChI is InChI=1S/C16H17ClN2O2/c1-10-6-11(2)15(8-14(10)18)21-9-16(20)19-13-5-3-4-12(17)7-13/h3-8H,9,18H2,1-2H3,(H,19,20). The Bertz CT molecular complexity index is 671. The summed E-state index contributed by atoms with van der Waals surface area (Å²) < 4.78 is 5.51. The van der Waals surface area contributed by atoms with Crippen LogP contribution in [0.2, 0.25) is 5.02 Å². The molecule has 0 bridgehead atoms. The molecule has 0 aliphatic carbocycles. The van der Waals surface area contributed by atoms with E-state index >= 15 is 0 Å². The largest absolute Gasteiger partial charge is 0.483 e. The predicted octanol–water partition coefficient (Wildman–Crippen LogP) is 3.56. The van der Waals surface area contributed by atoms with E-state index < -0.39 is 0 Å². The number of rotatable bonds is 4. The van der Waals surface area contributed by atoms with Gasteiger partial charge in [-0.2, -0.15) is 0 Å². The Morgan fingerprint density at radius 2 is 2.00 bits per heavy atom. The van der Waals surface area contributed by atoms with Gasteiger partial charge >= 0.3 is 0 Å². The molecule has 110 valence electrons. The van der Waals surface area contributed by atoms with E-state index in [4.69, 9.17) is 22.1 Å². The third kappa shape index (κ3) is 4.13. The molecule has 5 heteroatoms. The first kappa shape index (κ1) is 15.2. The Morgan fingerprint density at radius 1 is 1.24 bits per heavy atom. The van der Waals surface area contributed by atoms with Gasteiger partial charge in [-0.15, -0.1) is 0 Å². The number of hydrogen-bond donors (Lipinski definition) is 2. The molecule has 0 aliphatic heterocycles. The predicted molar refractivity (Wildman–Crippen MR) is 85.9 cm³/mol. The lowest BCUT2D eigenvalue weighted by molar-refractivity contribution is -0.118. The number of hydrogen-bond acceptors (Lipinski definition) is 3. The van der Waals surface area contributed by atoms with Crippen molar-refractivity contribution in [1.82, 2.24) is 0 Å². The second-order valence-corrected chi connectivity index (χ2v) is 5.26. The molecular formula is C16H17ClN2O2. The van der Waals surface area contributed by atoms with Gasteiger partial charge in [0.25, 0.3) is 5.91 Å². The number of benzene rings is 2. The molecule has 2 aromatic rings. The van der Waals surface area contributed by atoms with Crippen LogP contribution in [0.15, 0.2) is 36.4 Å². The van der Waals surface area contributed by atoms with E-state index in [2.05, 4.69) is 5.32 Å². The summed E-state index contributed by atoms with van der Waals surface area (Å²) in [6, 6.07) is 10.6. The van der Waals surface area contributed by atoms with Crippen LogP contribution >= 0.6 is 11.6 Å². The van der Waals surface area contributed by atoms with E-state index in [1.165, 1.54) is 0 Å². The first-order valence-electron chi connectivity index (χ1n) is 6.50. The number of ether oxygens (including phenoxy) is 1. The van der Waals surface area contributed by atoms with Crippen molar-refractivity contribution in [2.24, 2.45) is 0 Å². The van der Waals surface area contributed by atoms with Gasteiger partial charge in [-0.25, -0.2) is 0 Å². The topological polar surface area (TPSA) is 64.3 Å². The van der Waals surface area contributed by atoms with E-state index in [0.717, 1.165) is 11.1 Å². The average Bonchev–Trinajstić information content (AvgIpc) is 2.41. The highest BCUT2D eigenvalue weighted by molar-refractivity contribution is 6.30. The first-order valence-corrected chi connectivity index (χ1v) is 6.88. The molecule has 0 saturated carbocycles. The van der Waals surface area contributed by atoms with Crippen molar-refractivity contribution in [2.45, 2.75) is 13.8 Å². The number of nitrogen functional groups attached to an aromatic ring is 1. The van der Waals surface area contributed by atoms with Crippen molar-refractivity contribution >= 4 is 28.9 Å². The number of carbonyl (C=O) groups is 1. The van der Waals surface area contributed by atoms with Crippen LogP contribution < -0.4 is 15.8 Å². The van der Waals surface area contributed by atoms with E-state index in [9.17, 15) is 4.79 Å². The van der Waals surface area contributed by atoms with Crippen molar-refractivity contribution in [3.63, 3.8) is 0 Å². The van der Waals surface area contributed by atoms with E-state index in [1.807, 2.05) is 19.9 Å². The Labute approximate surface area is 128 Å². The van der Waals surface area contributed by atoms with E-state index in [0.29, 0.717) is 22.1 Å². The van der Waals surface area contributed by atoms with Crippen molar-refractivity contribution in [1.29, 1.82) is 0 Å². The van der Waals surface area contributed by atoms with Gasteiger partial charge in [0.15, 0.2) is 6.61 Å². The highest BCUT2D eigenvalue weighted by atomic mass is 35.5. The molecule has 0 aliphatic rings. The van der Waals surface area contributed by atoms with Crippen LogP contribution in [0.25, 0.3) is 0 Å². The lowest BCUT2D eigenvalue weighted by Crippen LogP contribution is -2.20. The number of halogens is 1. The number of carbonyl (C=O) groups excluding carboxylic acids is 1. The molecule has 3 N–H and O–H groups in total. The van der Waals surface area contributed by atoms with Crippen LogP contribution in [-0.2, 0) is 4.79 Å². The molecular weight excluding hydrogens is 288 g/mol. The number of nitrogens with one attached hydrogen (secondary N) is 1. The molecule has 0 heterocycles. The summed E-state index contributed by atoms with van der Waals surface area (Å²) in [4.78, 5) is 11.8. The van der Waals surface area contributed by atoms with Gasteiger partial charge in [-0.3, -0.25) is 4.79 Å². The van der Waals surface area contributed by atoms with E-state index in [-0.39, 0.29) is 12.5 Å². The summed E-state index contributed by atoms with van der Waals surface area (Å²) in [5.74, 6) is 0.357. The second-order valence-electron chi connectivity index (χ2n) is 4.82. The maximum Gasteiger partial charge on any atom is 0.262 e. The molecule has 0 atom stereocenters. The van der Waals surface area contributed by atoms with Gasteiger partial charge < -0.3 is 15.8 Å². The monoisotopic (exact) mass is 304 g/mol. The minimum absolute atomic E-state index is 0.0874. The number of anilines is 2. The third-order valence-electron chi connectivity index (χ3n) is 3.03. The molecule has 2 rings (SSSR count). The molecule has 0 radical (unpaired) electrons. The van der Waals surface area contributed by atoms with Gasteiger partial charge in [-0.1, -0.05) is 23.7 Å². The molecule has 4 nitrogen and oxygen atoms in total. The van der Waals surface area contributed by atoms with Gasteiger partial charge in [0, 0.05) is 22.5 Å². The fourth-order valence-electron chi connectivity index (χ4n) is 1.91. The third-order valence-corrected chi connectivity index (χ3v) is 3.27. The maximum atomic E-state index is 11.8. The van der Waals surface area contributed by atoms with Crippen LogP contribution in [0, 0.1) is 13.8 Å². The van der Waals surface area contributed by atoms with Crippen molar-refractivity contribution in [2.75, 3.05) is 17.7 Å². The number of amides is 1. The molecule has 0 unspecified atom stereocenters. The zero-order valence-corrected chi connectivity index (χ0v) is 12.7. The molecule has 1 amide bonds. The Balaban J connectivity index is 1.97. The quantitative estimate of drug-likeness (QED) is 0.849. The summed E-state index contributed by atoms with van der Waals surface area (Å²) in [7, 11) is 0. The highest BCUT2D eigenvalue weighted by Gasteiger charge is 2.07. The lowest BCUT2D eigenvalue weighted by Gasteiger charge is -2.12. The molecule has 0 fully saturated rings. The van der Waals surface area contributed by atoms with Crippen LogP contribution in [0.4, 0.5) is 11.4 Å². The fourth-order valence-corrected chi connectivity index (χ4v) is 2.10. The minimum Gasteiger partial charge on any atom is -0.483 e. The zero-order chi connectivity index (χ0) is 15.4. The second kappa shape index (κ2) is 6.50. The van der Waals surface area contributed by atoms with Crippen molar-refractivity contribution in [3.05, 3.63) is 52.5 Å². The van der Waals surface area contributed by atoms with Gasteiger partial charge in [0.05, 0.1) is 0 Å². The van der Waals surface area contributed by atoms with Crippen molar-refractivity contribution in [3.8, 4) is 5.75 Å². The normalized spacial score (nSPS) is 10.2. The zero-order valence-electron chi connectivity index (χ0n) is 11.9. The Hall–Kier alpha value is -2.20. The van der Waals surface area contributed by atoms with Crippen LogP contribution in [-0.4, -0.2) is 12.5 Å². The molecule has 0 spiro atoms. The Kier molecular flexibility index (Phi) is 4.70. The lowest BCUT2D eigenvalue weighted by atomic mass is 10.1. The maximum absolute atomic E-state index is 11.8. The average molecular weight is 305 g/mol. The van der Waals surface area contributed by atoms with Gasteiger partial charge in [-0.05, 0) is 43.2 Å². The van der Waals surface area contributed by atoms with Crippen molar-refractivity contribution < 1.29 is 9.53 Å². The highest BCUT2D eigenvalue weighted by Crippen LogP contribution is 2.24. The number of nitrogens with two attached hydrogens (primary N) is 1. The van der Waals surface area contributed by atoms with E-state index in [1.54, 1.807) is 30.3 Å². The SMILES string of the molecule is Cc1cc(C)c(OCC(=O)Nc2cccc(Cl)c2)cc1N. The summed E-state index contributed by atoms with van der Waals surface area (Å²) >= 11 is 5.86. The van der Waals surface area contributed by atoms with Crippen LogP contribution in [0.1, 0.15) is 11.1 Å². The molecule has 0 saturated heterocycles. The fraction of sp³-hybridized carbons (Fsp3) is 0.188. The molecule has 0 aromatic heterocycles. The van der Waals surface area contributed by atoms with Crippen LogP contribution in [0.3, 0.4) is 0 Å². The molecule has 2 aromatic carbocycles. The first-order chi connectivity index (χ1) is 9.95.